The number of cyclic esters (lactones) is 1. The molecule has 0 aromatic heterocycles. The van der Waals surface area contributed by atoms with Crippen LogP contribution in [0.1, 0.15) is 26.2 Å². The molecular formula is C17H23N3O4. The number of carbonyl (C=O) groups excluding carboxylic acids is 2. The van der Waals surface area contributed by atoms with Crippen molar-refractivity contribution in [1.29, 1.82) is 0 Å². The van der Waals surface area contributed by atoms with E-state index in [0.717, 1.165) is 37.4 Å². The first-order valence-corrected chi connectivity index (χ1v) is 8.37. The Labute approximate surface area is 141 Å². The van der Waals surface area contributed by atoms with Crippen LogP contribution >= 0.6 is 0 Å². The Hall–Kier alpha value is -2.28. The van der Waals surface area contributed by atoms with E-state index in [-0.39, 0.29) is 12.0 Å². The van der Waals surface area contributed by atoms with E-state index in [4.69, 9.17) is 9.57 Å². The van der Waals surface area contributed by atoms with E-state index in [1.54, 1.807) is 4.90 Å². The number of hydrogen-bond donors (Lipinski definition) is 1. The number of nitrogens with one attached hydrogen (secondary N) is 1. The molecule has 130 valence electrons. The van der Waals surface area contributed by atoms with Crippen LogP contribution in [0.4, 0.5) is 10.5 Å². The van der Waals surface area contributed by atoms with Crippen molar-refractivity contribution in [2.45, 2.75) is 32.3 Å². The lowest BCUT2D eigenvalue weighted by Crippen LogP contribution is -2.33. The topological polar surface area (TPSA) is 71.1 Å². The van der Waals surface area contributed by atoms with Crippen LogP contribution in [0.5, 0.6) is 5.75 Å². The molecule has 24 heavy (non-hydrogen) atoms. The minimum atomic E-state index is -0.393. The van der Waals surface area contributed by atoms with Crippen molar-refractivity contribution < 1.29 is 19.2 Å². The van der Waals surface area contributed by atoms with Gasteiger partial charge in [0.1, 0.15) is 11.9 Å². The fourth-order valence-corrected chi connectivity index (χ4v) is 2.89. The zero-order chi connectivity index (χ0) is 16.9. The first-order chi connectivity index (χ1) is 11.6. The van der Waals surface area contributed by atoms with Crippen LogP contribution in [0.3, 0.4) is 0 Å². The summed E-state index contributed by atoms with van der Waals surface area (Å²) < 4.78 is 5.26. The summed E-state index contributed by atoms with van der Waals surface area (Å²) in [6.07, 6.45) is 2.86. The Morgan fingerprint density at radius 3 is 2.62 bits per heavy atom. The van der Waals surface area contributed by atoms with Crippen molar-refractivity contribution >= 4 is 17.7 Å². The molecule has 7 heteroatoms. The predicted molar refractivity (Wildman–Crippen MR) is 88.8 cm³/mol. The summed E-state index contributed by atoms with van der Waals surface area (Å²) in [6, 6.07) is 7.42. The minimum absolute atomic E-state index is 0.135. The van der Waals surface area contributed by atoms with Crippen LogP contribution in [0.15, 0.2) is 24.3 Å². The van der Waals surface area contributed by atoms with Crippen molar-refractivity contribution in [3.63, 3.8) is 0 Å². The Morgan fingerprint density at radius 2 is 1.96 bits per heavy atom. The second-order valence-electron chi connectivity index (χ2n) is 6.13. The molecule has 1 unspecified atom stereocenters. The molecule has 1 atom stereocenters. The Kier molecular flexibility index (Phi) is 5.20. The van der Waals surface area contributed by atoms with Gasteiger partial charge in [-0.15, -0.1) is 5.06 Å². The van der Waals surface area contributed by atoms with Crippen molar-refractivity contribution in [2.24, 2.45) is 0 Å². The molecule has 1 aromatic rings. The van der Waals surface area contributed by atoms with Crippen molar-refractivity contribution in [3.05, 3.63) is 24.3 Å². The highest BCUT2D eigenvalue weighted by atomic mass is 16.7. The lowest BCUT2D eigenvalue weighted by Gasteiger charge is -2.26. The van der Waals surface area contributed by atoms with Gasteiger partial charge in [0, 0.05) is 25.7 Å². The second-order valence-corrected chi connectivity index (χ2v) is 6.13. The molecule has 3 rings (SSSR count). The van der Waals surface area contributed by atoms with E-state index in [9.17, 15) is 9.59 Å². The average Bonchev–Trinajstić information content (AvgIpc) is 2.96. The van der Waals surface area contributed by atoms with Crippen LogP contribution in [0.25, 0.3) is 0 Å². The third kappa shape index (κ3) is 4.17. The molecule has 0 spiro atoms. The molecule has 2 fully saturated rings. The van der Waals surface area contributed by atoms with Crippen LogP contribution in [-0.2, 0) is 9.53 Å². The number of amides is 2. The van der Waals surface area contributed by atoms with E-state index >= 15 is 0 Å². The van der Waals surface area contributed by atoms with Crippen molar-refractivity contribution in [1.82, 2.24) is 10.4 Å². The Morgan fingerprint density at radius 1 is 1.25 bits per heavy atom. The molecule has 1 aromatic carbocycles. The van der Waals surface area contributed by atoms with Crippen molar-refractivity contribution in [3.8, 4) is 5.75 Å². The molecule has 0 aliphatic carbocycles. The van der Waals surface area contributed by atoms with Crippen LogP contribution in [-0.4, -0.2) is 49.3 Å². The zero-order valence-corrected chi connectivity index (χ0v) is 13.9. The Balaban J connectivity index is 1.56. The minimum Gasteiger partial charge on any atom is -0.442 e. The van der Waals surface area contributed by atoms with Crippen LogP contribution < -0.4 is 15.1 Å². The highest BCUT2D eigenvalue weighted by molar-refractivity contribution is 5.89. The molecule has 2 heterocycles. The van der Waals surface area contributed by atoms with Gasteiger partial charge in [-0.1, -0.05) is 6.42 Å². The summed E-state index contributed by atoms with van der Waals surface area (Å²) in [4.78, 5) is 30.3. The van der Waals surface area contributed by atoms with Gasteiger partial charge in [-0.2, -0.15) is 0 Å². The van der Waals surface area contributed by atoms with E-state index in [1.165, 1.54) is 13.3 Å². The number of piperidine rings is 1. The fraction of sp³-hybridized carbons (Fsp3) is 0.529. The normalized spacial score (nSPS) is 21.5. The number of rotatable bonds is 5. The third-order valence-corrected chi connectivity index (χ3v) is 4.15. The number of hydrogen-bond acceptors (Lipinski definition) is 5. The van der Waals surface area contributed by atoms with Gasteiger partial charge in [-0.25, -0.2) is 4.79 Å². The average molecular weight is 333 g/mol. The molecule has 0 radical (unpaired) electrons. The molecule has 2 aliphatic heterocycles. The quantitative estimate of drug-likeness (QED) is 0.891. The summed E-state index contributed by atoms with van der Waals surface area (Å²) in [5.74, 6) is 0.631. The molecule has 0 saturated carbocycles. The maximum absolute atomic E-state index is 12.0. The number of carbonyl (C=O) groups is 2. The smallest absolute Gasteiger partial charge is 0.414 e. The van der Waals surface area contributed by atoms with Gasteiger partial charge in [0.05, 0.1) is 13.1 Å². The van der Waals surface area contributed by atoms with E-state index in [1.807, 2.05) is 29.3 Å². The second kappa shape index (κ2) is 7.53. The molecule has 1 N–H and O–H groups in total. The molecule has 2 saturated heterocycles. The maximum Gasteiger partial charge on any atom is 0.414 e. The summed E-state index contributed by atoms with van der Waals surface area (Å²) in [7, 11) is 0. The van der Waals surface area contributed by atoms with Gasteiger partial charge in [0.2, 0.25) is 5.91 Å². The number of benzene rings is 1. The van der Waals surface area contributed by atoms with Gasteiger partial charge in [0.25, 0.3) is 0 Å². The summed E-state index contributed by atoms with van der Waals surface area (Å²) in [6.45, 7) is 4.09. The maximum atomic E-state index is 12.0. The van der Waals surface area contributed by atoms with Gasteiger partial charge < -0.3 is 14.9 Å². The molecule has 7 nitrogen and oxygen atoms in total. The number of nitrogens with zero attached hydrogens (tertiary/aromatic N) is 2. The Bertz CT molecular complexity index is 584. The monoisotopic (exact) mass is 333 g/mol. The SMILES string of the molecule is CC(=O)NCC1CN(c2ccc(ON3CCCCC3)cc2)C(=O)O1. The summed E-state index contributed by atoms with van der Waals surface area (Å²) in [5.41, 5.74) is 0.760. The predicted octanol–water partition coefficient (Wildman–Crippen LogP) is 1.93. The van der Waals surface area contributed by atoms with Gasteiger partial charge in [-0.3, -0.25) is 9.69 Å². The first-order valence-electron chi connectivity index (χ1n) is 8.37. The van der Waals surface area contributed by atoms with Crippen molar-refractivity contribution in [2.75, 3.05) is 31.1 Å². The largest absolute Gasteiger partial charge is 0.442 e. The summed E-state index contributed by atoms with van der Waals surface area (Å²) >= 11 is 0. The van der Waals surface area contributed by atoms with E-state index in [2.05, 4.69) is 5.32 Å². The molecule has 2 amide bonds. The third-order valence-electron chi connectivity index (χ3n) is 4.15. The van der Waals surface area contributed by atoms with E-state index in [0.29, 0.717) is 13.1 Å². The highest BCUT2D eigenvalue weighted by Gasteiger charge is 2.32. The lowest BCUT2D eigenvalue weighted by atomic mass is 10.2. The number of anilines is 1. The van der Waals surface area contributed by atoms with Gasteiger partial charge >= 0.3 is 6.09 Å². The lowest BCUT2D eigenvalue weighted by molar-refractivity contribution is -0.119. The summed E-state index contributed by atoms with van der Waals surface area (Å²) in [5, 5.41) is 4.64. The van der Waals surface area contributed by atoms with E-state index < -0.39 is 6.09 Å². The van der Waals surface area contributed by atoms with Gasteiger partial charge in [-0.05, 0) is 37.1 Å². The standard InChI is InChI=1S/C17H23N3O4/c1-13(21)18-11-16-12-20(17(22)23-16)14-5-7-15(8-6-14)24-19-9-3-2-4-10-19/h5-8,16H,2-4,9-12H2,1H3,(H,18,21). The number of ether oxygens (including phenoxy) is 1. The fourth-order valence-electron chi connectivity index (χ4n) is 2.89. The molecule has 0 bridgehead atoms. The van der Waals surface area contributed by atoms with Crippen LogP contribution in [0, 0.1) is 0 Å². The van der Waals surface area contributed by atoms with Crippen LogP contribution in [0.2, 0.25) is 0 Å². The number of hydroxylamine groups is 2. The highest BCUT2D eigenvalue weighted by Crippen LogP contribution is 2.25. The zero-order valence-electron chi connectivity index (χ0n) is 13.9. The molecule has 2 aliphatic rings. The molecular weight excluding hydrogens is 310 g/mol. The first kappa shape index (κ1) is 16.6. The van der Waals surface area contributed by atoms with Gasteiger partial charge in [0.15, 0.2) is 0 Å².